The first-order chi connectivity index (χ1) is 10.7. The van der Waals surface area contributed by atoms with Gasteiger partial charge in [-0.25, -0.2) is 0 Å². The van der Waals surface area contributed by atoms with E-state index in [0.29, 0.717) is 17.5 Å². The summed E-state index contributed by atoms with van der Waals surface area (Å²) < 4.78 is 5.28. The van der Waals surface area contributed by atoms with Crippen molar-refractivity contribution in [3.63, 3.8) is 0 Å². The summed E-state index contributed by atoms with van der Waals surface area (Å²) in [5, 5.41) is 7.11. The number of likely N-dealkylation sites (tertiary alicyclic amines) is 1. The molecule has 120 valence electrons. The molecule has 0 spiro atoms. The minimum atomic E-state index is -0.0826. The van der Waals surface area contributed by atoms with Gasteiger partial charge in [0.2, 0.25) is 0 Å². The van der Waals surface area contributed by atoms with Gasteiger partial charge in [0.05, 0.1) is 0 Å². The van der Waals surface area contributed by atoms with Gasteiger partial charge in [0, 0.05) is 37.2 Å². The Hall–Kier alpha value is -1.36. The van der Waals surface area contributed by atoms with Crippen molar-refractivity contribution in [1.29, 1.82) is 0 Å². The molecular weight excluding hydrogens is 278 g/mol. The number of aromatic nitrogens is 1. The number of nitrogens with one attached hydrogen (secondary N) is 1. The van der Waals surface area contributed by atoms with Gasteiger partial charge in [0.15, 0.2) is 5.69 Å². The number of rotatable bonds is 4. The van der Waals surface area contributed by atoms with Crippen LogP contribution < -0.4 is 5.32 Å². The number of carbonyl (C=O) groups excluding carboxylic acids is 1. The Morgan fingerprint density at radius 1 is 1.27 bits per heavy atom. The monoisotopic (exact) mass is 303 g/mol. The molecule has 3 aliphatic rings. The summed E-state index contributed by atoms with van der Waals surface area (Å²) in [5.74, 6) is 1.79. The predicted octanol–water partition coefficient (Wildman–Crippen LogP) is 2.54. The Morgan fingerprint density at radius 2 is 2.05 bits per heavy atom. The lowest BCUT2D eigenvalue weighted by Crippen LogP contribution is -2.41. The lowest BCUT2D eigenvalue weighted by Gasteiger charge is -2.23. The maximum Gasteiger partial charge on any atom is 0.273 e. The van der Waals surface area contributed by atoms with E-state index in [0.717, 1.165) is 37.7 Å². The molecular formula is C17H25N3O2. The zero-order valence-corrected chi connectivity index (χ0v) is 13.3. The largest absolute Gasteiger partial charge is 0.360 e. The fourth-order valence-corrected chi connectivity index (χ4v) is 3.96. The Balaban J connectivity index is 1.36. The van der Waals surface area contributed by atoms with Crippen molar-refractivity contribution in [3.8, 4) is 0 Å². The summed E-state index contributed by atoms with van der Waals surface area (Å²) in [6, 6.07) is 2.79. The maximum absolute atomic E-state index is 12.4. The highest BCUT2D eigenvalue weighted by atomic mass is 16.5. The molecule has 1 saturated heterocycles. The van der Waals surface area contributed by atoms with Gasteiger partial charge in [-0.15, -0.1) is 0 Å². The Bertz CT molecular complexity index is 546. The summed E-state index contributed by atoms with van der Waals surface area (Å²) >= 11 is 0. The van der Waals surface area contributed by atoms with Gasteiger partial charge in [-0.1, -0.05) is 24.9 Å². The van der Waals surface area contributed by atoms with Gasteiger partial charge in [-0.05, 0) is 31.6 Å². The smallest absolute Gasteiger partial charge is 0.273 e. The van der Waals surface area contributed by atoms with Crippen molar-refractivity contribution in [3.05, 3.63) is 17.5 Å². The van der Waals surface area contributed by atoms with E-state index in [-0.39, 0.29) is 11.9 Å². The van der Waals surface area contributed by atoms with Crippen LogP contribution in [0, 0.1) is 5.92 Å². The third-order valence-electron chi connectivity index (χ3n) is 5.54. The van der Waals surface area contributed by atoms with Crippen LogP contribution in [0.1, 0.15) is 67.6 Å². The molecule has 22 heavy (non-hydrogen) atoms. The van der Waals surface area contributed by atoms with E-state index in [4.69, 9.17) is 4.52 Å². The fraction of sp³-hybridized carbons (Fsp3) is 0.765. The van der Waals surface area contributed by atoms with Crippen molar-refractivity contribution in [2.45, 2.75) is 63.5 Å². The van der Waals surface area contributed by atoms with Crippen LogP contribution in [0.4, 0.5) is 0 Å². The molecule has 0 radical (unpaired) electrons. The summed E-state index contributed by atoms with van der Waals surface area (Å²) in [7, 11) is 0. The molecule has 1 aliphatic heterocycles. The van der Waals surface area contributed by atoms with Crippen LogP contribution in [0.2, 0.25) is 0 Å². The van der Waals surface area contributed by atoms with Crippen LogP contribution in [0.25, 0.3) is 0 Å². The molecule has 0 bridgehead atoms. The predicted molar refractivity (Wildman–Crippen MR) is 82.7 cm³/mol. The molecule has 2 heterocycles. The molecule has 3 fully saturated rings. The third kappa shape index (κ3) is 2.78. The molecule has 1 amide bonds. The summed E-state index contributed by atoms with van der Waals surface area (Å²) in [4.78, 5) is 14.9. The van der Waals surface area contributed by atoms with Crippen LogP contribution in [-0.4, -0.2) is 41.1 Å². The molecule has 2 saturated carbocycles. The van der Waals surface area contributed by atoms with Gasteiger partial charge >= 0.3 is 0 Å². The summed E-state index contributed by atoms with van der Waals surface area (Å²) in [5.41, 5.74) is 0.438. The second-order valence-electron chi connectivity index (χ2n) is 7.34. The van der Waals surface area contributed by atoms with Gasteiger partial charge < -0.3 is 9.84 Å². The second kappa shape index (κ2) is 5.69. The number of hydrogen-bond donors (Lipinski definition) is 1. The summed E-state index contributed by atoms with van der Waals surface area (Å²) in [6.45, 7) is 4.31. The van der Waals surface area contributed by atoms with E-state index < -0.39 is 0 Å². The second-order valence-corrected chi connectivity index (χ2v) is 7.34. The summed E-state index contributed by atoms with van der Waals surface area (Å²) in [6.07, 6.45) is 7.67. The standard InChI is InChI=1S/C17H25N3O2/c1-11-9-20(13-4-2-3-5-13)10-15(11)18-17(21)14-8-16(22-19-14)12-6-7-12/h8,11-13,15H,2-7,9-10H2,1H3,(H,18,21)/t11-,15-/m1/s1. The van der Waals surface area contributed by atoms with Crippen molar-refractivity contribution in [2.24, 2.45) is 5.92 Å². The minimum Gasteiger partial charge on any atom is -0.360 e. The van der Waals surface area contributed by atoms with Crippen molar-refractivity contribution >= 4 is 5.91 Å². The van der Waals surface area contributed by atoms with E-state index in [1.807, 2.05) is 6.07 Å². The van der Waals surface area contributed by atoms with Crippen molar-refractivity contribution in [1.82, 2.24) is 15.4 Å². The number of amides is 1. The highest BCUT2D eigenvalue weighted by Gasteiger charge is 2.36. The average Bonchev–Trinajstić information content (AvgIpc) is 2.96. The molecule has 2 atom stereocenters. The molecule has 4 rings (SSSR count). The van der Waals surface area contributed by atoms with Gasteiger partial charge in [-0.3, -0.25) is 9.69 Å². The molecule has 0 aromatic carbocycles. The Kier molecular flexibility index (Phi) is 3.68. The molecule has 1 aromatic heterocycles. The fourth-order valence-electron chi connectivity index (χ4n) is 3.96. The van der Waals surface area contributed by atoms with E-state index in [9.17, 15) is 4.79 Å². The highest BCUT2D eigenvalue weighted by Crippen LogP contribution is 2.40. The Labute approximate surface area is 131 Å². The zero-order chi connectivity index (χ0) is 15.1. The molecule has 0 unspecified atom stereocenters. The quantitative estimate of drug-likeness (QED) is 0.928. The SMILES string of the molecule is C[C@@H]1CN(C2CCCC2)C[C@H]1NC(=O)c1cc(C2CC2)on1. The highest BCUT2D eigenvalue weighted by molar-refractivity contribution is 5.92. The number of carbonyl (C=O) groups is 1. The van der Waals surface area contributed by atoms with Gasteiger partial charge in [0.1, 0.15) is 5.76 Å². The van der Waals surface area contributed by atoms with E-state index in [2.05, 4.69) is 22.3 Å². The molecule has 5 nitrogen and oxygen atoms in total. The minimum absolute atomic E-state index is 0.0826. The number of nitrogens with zero attached hydrogens (tertiary/aromatic N) is 2. The molecule has 1 N–H and O–H groups in total. The van der Waals surface area contributed by atoms with E-state index in [1.54, 1.807) is 0 Å². The Morgan fingerprint density at radius 3 is 2.77 bits per heavy atom. The van der Waals surface area contributed by atoms with Gasteiger partial charge in [-0.2, -0.15) is 0 Å². The molecule has 5 heteroatoms. The van der Waals surface area contributed by atoms with E-state index in [1.165, 1.54) is 25.7 Å². The van der Waals surface area contributed by atoms with Crippen LogP contribution in [0.5, 0.6) is 0 Å². The van der Waals surface area contributed by atoms with Crippen molar-refractivity contribution < 1.29 is 9.32 Å². The van der Waals surface area contributed by atoms with Crippen LogP contribution >= 0.6 is 0 Å². The van der Waals surface area contributed by atoms with Gasteiger partial charge in [0.25, 0.3) is 5.91 Å². The molecule has 2 aliphatic carbocycles. The third-order valence-corrected chi connectivity index (χ3v) is 5.54. The number of hydrogen-bond acceptors (Lipinski definition) is 4. The van der Waals surface area contributed by atoms with Crippen LogP contribution in [0.3, 0.4) is 0 Å². The topological polar surface area (TPSA) is 58.4 Å². The lowest BCUT2D eigenvalue weighted by molar-refractivity contribution is 0.0921. The normalized spacial score (nSPS) is 30.0. The van der Waals surface area contributed by atoms with Crippen LogP contribution in [-0.2, 0) is 0 Å². The first kappa shape index (κ1) is 14.2. The zero-order valence-electron chi connectivity index (χ0n) is 13.3. The maximum atomic E-state index is 12.4. The average molecular weight is 303 g/mol. The van der Waals surface area contributed by atoms with Crippen LogP contribution in [0.15, 0.2) is 10.6 Å². The first-order valence-corrected chi connectivity index (χ1v) is 8.72. The lowest BCUT2D eigenvalue weighted by atomic mass is 10.1. The first-order valence-electron chi connectivity index (χ1n) is 8.72. The molecule has 1 aromatic rings. The van der Waals surface area contributed by atoms with Crippen molar-refractivity contribution in [2.75, 3.05) is 13.1 Å². The van der Waals surface area contributed by atoms with E-state index >= 15 is 0 Å².